The molecule has 0 bridgehead atoms. The molecule has 0 radical (unpaired) electrons. The molecule has 0 N–H and O–H groups in total. The standard InChI is InChI=1S/2C20H17F5N4O3.C20H20F5N3O5S/c2*1-10(18(2,21)22)31-14-4-3-11(7-26)5-13(14)15(30)29-8-12-6-19(12,9-29)16-27-17(32-28-16)20(23,24)25;1-10(18(2,21)22)32-14-5-4-12(34(3,30)31)6-13(14)15(29)28-8-11-7-19(11,9-28)17-26-16(27-33-17)20(23,24)25/h2*3-5,10,12H,6,8-9H2,1-2H3;4-6,10-11H,7-9H2,1-3H3/t2*10-,12?,19?;10-,11?,19?/m101/s1. The van der Waals surface area contributed by atoms with Gasteiger partial charge in [0.15, 0.2) is 39.8 Å². The molecule has 3 aromatic heterocycles. The van der Waals surface area contributed by atoms with Gasteiger partial charge in [0.05, 0.1) is 61.1 Å². The smallest absolute Gasteiger partial charge is 0.471 e. The number of alkyl halides is 15. The summed E-state index contributed by atoms with van der Waals surface area (Å²) in [6.45, 7) is 5.97. The minimum atomic E-state index is -4.78. The summed E-state index contributed by atoms with van der Waals surface area (Å²) in [6.07, 6.45) is -16.7. The van der Waals surface area contributed by atoms with Gasteiger partial charge in [0.1, 0.15) is 17.2 Å². The highest BCUT2D eigenvalue weighted by Crippen LogP contribution is 2.61. The number of likely N-dealkylation sites (tertiary alicyclic amines) is 3. The van der Waals surface area contributed by atoms with E-state index in [-0.39, 0.29) is 125 Å². The molecule has 6 aromatic rings. The first kappa shape index (κ1) is 71.5. The number of halogens is 15. The van der Waals surface area contributed by atoms with Gasteiger partial charge in [-0.2, -0.15) is 65.0 Å². The molecular formula is C60H54F15N11O11S. The molecular weight excluding hydrogens is 1370 g/mol. The van der Waals surface area contributed by atoms with Gasteiger partial charge in [-0.3, -0.25) is 14.4 Å². The number of carbonyl (C=O) groups is 3. The van der Waals surface area contributed by atoms with Crippen LogP contribution in [0.1, 0.15) is 138 Å². The maximum atomic E-state index is 13.7. The lowest BCUT2D eigenvalue weighted by atomic mass is 10.1. The summed E-state index contributed by atoms with van der Waals surface area (Å²) in [6, 6.07) is 14.8. The molecule has 22 nitrogen and oxygen atoms in total. The monoisotopic (exact) mass is 1420 g/mol. The summed E-state index contributed by atoms with van der Waals surface area (Å²) >= 11 is 0. The van der Waals surface area contributed by atoms with Crippen molar-refractivity contribution in [2.45, 2.75) is 137 Å². The van der Waals surface area contributed by atoms with Crippen LogP contribution < -0.4 is 14.2 Å². The molecule has 3 aliphatic carbocycles. The zero-order valence-electron chi connectivity index (χ0n) is 52.0. The number of hydrogen-bond acceptors (Lipinski definition) is 19. The summed E-state index contributed by atoms with van der Waals surface area (Å²) in [5.74, 6) is -17.3. The van der Waals surface area contributed by atoms with Gasteiger partial charge in [-0.05, 0) is 112 Å². The number of amides is 3. The fourth-order valence-corrected chi connectivity index (χ4v) is 12.3. The van der Waals surface area contributed by atoms with Gasteiger partial charge in [-0.25, -0.2) is 34.8 Å². The van der Waals surface area contributed by atoms with Crippen molar-refractivity contribution >= 4 is 27.6 Å². The average molecular weight is 1420 g/mol. The Morgan fingerprint density at radius 3 is 1.19 bits per heavy atom. The van der Waals surface area contributed by atoms with Gasteiger partial charge in [0.2, 0.25) is 5.89 Å². The van der Waals surface area contributed by atoms with Crippen molar-refractivity contribution in [3.63, 3.8) is 0 Å². The third-order valence-corrected chi connectivity index (χ3v) is 19.1. The highest BCUT2D eigenvalue weighted by Gasteiger charge is 2.68. The summed E-state index contributed by atoms with van der Waals surface area (Å²) in [4.78, 5) is 53.8. The van der Waals surface area contributed by atoms with Crippen molar-refractivity contribution in [1.29, 1.82) is 10.5 Å². The SMILES string of the molecule is C[C@@H](Oc1ccc(C#N)cc1C(=O)N1CC2CC2(c2noc(C(F)(F)F)n2)C1)C(C)(F)F.C[C@@H](Oc1ccc(S(C)(=O)=O)cc1C(=O)N1CC2CC2(c2nc(C(F)(F)F)no2)C1)C(C)(F)F.C[C@H](Oc1ccc(C#N)cc1C(=O)N1CC2CC2(c2noc(C(F)(F)F)n2)C1)C(C)(F)F. The Labute approximate surface area is 544 Å². The van der Waals surface area contributed by atoms with Crippen molar-refractivity contribution in [3.05, 3.63) is 118 Å². The van der Waals surface area contributed by atoms with Gasteiger partial charge >= 0.3 is 30.3 Å². The summed E-state index contributed by atoms with van der Waals surface area (Å²) in [5, 5.41) is 28.2. The topological polar surface area (TPSA) is 287 Å². The summed E-state index contributed by atoms with van der Waals surface area (Å²) < 4.78 is 250. The molecule has 9 atom stereocenters. The van der Waals surface area contributed by atoms with E-state index in [4.69, 9.17) is 29.3 Å². The van der Waals surface area contributed by atoms with Crippen LogP contribution in [0.2, 0.25) is 0 Å². The van der Waals surface area contributed by atoms with Crippen molar-refractivity contribution in [1.82, 2.24) is 45.1 Å². The number of benzene rings is 3. The Bertz CT molecular complexity index is 4130. The molecule has 6 aliphatic rings. The van der Waals surface area contributed by atoms with Crippen LogP contribution in [0.15, 0.2) is 73.1 Å². The molecule has 3 aliphatic heterocycles. The second-order valence-corrected chi connectivity index (χ2v) is 27.2. The van der Waals surface area contributed by atoms with Crippen LogP contribution in [0.5, 0.6) is 17.2 Å². The van der Waals surface area contributed by atoms with Crippen LogP contribution in [0.4, 0.5) is 65.9 Å². The number of nitrogens with zero attached hydrogens (tertiary/aromatic N) is 11. The van der Waals surface area contributed by atoms with E-state index in [0.717, 1.165) is 45.2 Å². The van der Waals surface area contributed by atoms with E-state index >= 15 is 0 Å². The number of piperidine rings is 3. The molecule has 38 heteroatoms. The summed E-state index contributed by atoms with van der Waals surface area (Å²) in [5.41, 5.74) is -2.79. The van der Waals surface area contributed by atoms with Gasteiger partial charge in [-0.1, -0.05) is 15.5 Å². The second kappa shape index (κ2) is 24.6. The largest absolute Gasteiger partial charge is 0.484 e. The Morgan fingerprint density at radius 2 is 0.867 bits per heavy atom. The maximum Gasteiger partial charge on any atom is 0.471 e. The molecule has 6 fully saturated rings. The number of carbonyl (C=O) groups excluding carboxylic acids is 3. The molecule has 3 aromatic carbocycles. The Kier molecular flexibility index (Phi) is 18.0. The van der Waals surface area contributed by atoms with Crippen molar-refractivity contribution in [2.24, 2.45) is 17.8 Å². The quantitative estimate of drug-likeness (QED) is 0.0814. The van der Waals surface area contributed by atoms with E-state index in [2.05, 4.69) is 39.5 Å². The third-order valence-electron chi connectivity index (χ3n) is 18.0. The second-order valence-electron chi connectivity index (χ2n) is 25.2. The lowest BCUT2D eigenvalue weighted by Crippen LogP contribution is -2.35. The van der Waals surface area contributed by atoms with E-state index in [1.54, 1.807) is 0 Å². The predicted octanol–water partition coefficient (Wildman–Crippen LogP) is 10.9. The highest BCUT2D eigenvalue weighted by molar-refractivity contribution is 7.90. The number of hydrogen-bond donors (Lipinski definition) is 0. The molecule has 526 valence electrons. The minimum Gasteiger partial charge on any atom is -0.484 e. The van der Waals surface area contributed by atoms with Crippen molar-refractivity contribution in [3.8, 4) is 29.4 Å². The van der Waals surface area contributed by atoms with Crippen LogP contribution in [0.3, 0.4) is 0 Å². The fraction of sp³-hybridized carbons (Fsp3) is 0.517. The van der Waals surface area contributed by atoms with Crippen LogP contribution in [-0.2, 0) is 44.6 Å². The Balaban J connectivity index is 0.000000159. The minimum absolute atomic E-state index is 0.0308. The zero-order chi connectivity index (χ0) is 72.2. The Hall–Kier alpha value is -9.23. The average Bonchev–Trinajstić information content (AvgIpc) is 1.55. The van der Waals surface area contributed by atoms with Gasteiger partial charge in [0, 0.05) is 66.3 Å². The lowest BCUT2D eigenvalue weighted by Gasteiger charge is -2.25. The molecule has 3 saturated carbocycles. The van der Waals surface area contributed by atoms with Crippen LogP contribution in [0, 0.1) is 40.4 Å². The maximum absolute atomic E-state index is 13.7. The normalized spacial score (nSPS) is 23.5. The highest BCUT2D eigenvalue weighted by atomic mass is 32.2. The van der Waals surface area contributed by atoms with Gasteiger partial charge in [-0.15, -0.1) is 0 Å². The molecule has 6 unspecified atom stereocenters. The zero-order valence-corrected chi connectivity index (χ0v) is 52.8. The first-order valence-corrected chi connectivity index (χ1v) is 31.3. The van der Waals surface area contributed by atoms with Crippen LogP contribution in [0.25, 0.3) is 0 Å². The lowest BCUT2D eigenvalue weighted by molar-refractivity contribution is -0.160. The number of rotatable bonds is 16. The number of nitriles is 2. The molecule has 3 amide bonds. The van der Waals surface area contributed by atoms with Crippen LogP contribution >= 0.6 is 0 Å². The van der Waals surface area contributed by atoms with Gasteiger partial charge in [0.25, 0.3) is 41.3 Å². The van der Waals surface area contributed by atoms with E-state index in [0.29, 0.717) is 40.0 Å². The third kappa shape index (κ3) is 14.4. The first-order valence-electron chi connectivity index (χ1n) is 29.4. The molecule has 3 saturated heterocycles. The molecule has 98 heavy (non-hydrogen) atoms. The van der Waals surface area contributed by atoms with Crippen LogP contribution in [-0.4, -0.2) is 153 Å². The predicted molar refractivity (Wildman–Crippen MR) is 299 cm³/mol. The van der Waals surface area contributed by atoms with E-state index in [1.807, 2.05) is 12.1 Å². The number of aromatic nitrogens is 6. The van der Waals surface area contributed by atoms with E-state index in [1.165, 1.54) is 51.1 Å². The number of sulfone groups is 1. The molecule has 12 rings (SSSR count). The fourth-order valence-electron chi connectivity index (χ4n) is 11.7. The molecule has 6 heterocycles. The number of fused-ring (bicyclic) bond motifs is 3. The summed E-state index contributed by atoms with van der Waals surface area (Å²) in [7, 11) is -3.74. The van der Waals surface area contributed by atoms with Gasteiger partial charge < -0.3 is 42.5 Å². The van der Waals surface area contributed by atoms with E-state index < -0.39 is 116 Å². The Morgan fingerprint density at radius 1 is 0.520 bits per heavy atom. The van der Waals surface area contributed by atoms with E-state index in [9.17, 15) is 88.7 Å². The van der Waals surface area contributed by atoms with Crippen molar-refractivity contribution in [2.75, 3.05) is 45.5 Å². The first-order chi connectivity index (χ1) is 45.2. The number of ether oxygens (including phenoxy) is 3. The molecule has 0 spiro atoms. The van der Waals surface area contributed by atoms with Crippen molar-refractivity contribution < 1.29 is 116 Å².